The highest BCUT2D eigenvalue weighted by Crippen LogP contribution is 2.25. The van der Waals surface area contributed by atoms with Gasteiger partial charge in [0.1, 0.15) is 0 Å². The van der Waals surface area contributed by atoms with Gasteiger partial charge in [-0.2, -0.15) is 0 Å². The molecular formula is C24H31NO4. The molecular weight excluding hydrogens is 366 g/mol. The maximum Gasteiger partial charge on any atom is 0.412 e. The number of benzene rings is 2. The predicted molar refractivity (Wildman–Crippen MR) is 114 cm³/mol. The van der Waals surface area contributed by atoms with Crippen LogP contribution in [-0.2, 0) is 9.47 Å². The van der Waals surface area contributed by atoms with E-state index in [0.717, 1.165) is 36.8 Å². The summed E-state index contributed by atoms with van der Waals surface area (Å²) in [5, 5.41) is 0. The predicted octanol–water partition coefficient (Wildman–Crippen LogP) is 5.89. The minimum absolute atomic E-state index is 0.262. The van der Waals surface area contributed by atoms with Gasteiger partial charge in [0.25, 0.3) is 0 Å². The number of carbonyl (C=O) groups is 2. The summed E-state index contributed by atoms with van der Waals surface area (Å²) >= 11 is 0. The number of amides is 1. The molecule has 156 valence electrons. The Morgan fingerprint density at radius 3 is 2.38 bits per heavy atom. The molecule has 2 rings (SSSR count). The normalized spacial score (nSPS) is 11.6. The first kappa shape index (κ1) is 22.5. The Kier molecular flexibility index (Phi) is 9.22. The zero-order valence-corrected chi connectivity index (χ0v) is 17.6. The summed E-state index contributed by atoms with van der Waals surface area (Å²) in [7, 11) is 0. The topological polar surface area (TPSA) is 55.8 Å². The van der Waals surface area contributed by atoms with E-state index in [-0.39, 0.29) is 6.61 Å². The van der Waals surface area contributed by atoms with Crippen molar-refractivity contribution in [2.75, 3.05) is 13.2 Å². The molecule has 0 aliphatic carbocycles. The van der Waals surface area contributed by atoms with E-state index in [2.05, 4.69) is 6.92 Å². The van der Waals surface area contributed by atoms with Crippen LogP contribution in [0, 0.1) is 6.92 Å². The largest absolute Gasteiger partial charge is 0.450 e. The lowest BCUT2D eigenvalue weighted by Crippen LogP contribution is -2.38. The van der Waals surface area contributed by atoms with Gasteiger partial charge in [0, 0.05) is 12.1 Å². The number of carbonyl (C=O) groups excluding carboxylic acids is 2. The smallest absolute Gasteiger partial charge is 0.412 e. The molecule has 1 amide bonds. The van der Waals surface area contributed by atoms with Crippen molar-refractivity contribution in [3.63, 3.8) is 0 Å². The Bertz CT molecular complexity index is 775. The average molecular weight is 398 g/mol. The lowest BCUT2D eigenvalue weighted by atomic mass is 10.1. The molecule has 0 fully saturated rings. The molecule has 1 unspecified atom stereocenters. The number of hydrogen-bond donors (Lipinski definition) is 0. The van der Waals surface area contributed by atoms with Crippen LogP contribution in [0.1, 0.15) is 67.2 Å². The Hall–Kier alpha value is -2.82. The minimum Gasteiger partial charge on any atom is -0.450 e. The Morgan fingerprint density at radius 1 is 0.966 bits per heavy atom. The molecule has 0 saturated carbocycles. The van der Waals surface area contributed by atoms with Crippen molar-refractivity contribution >= 4 is 12.1 Å². The summed E-state index contributed by atoms with van der Waals surface area (Å²) in [5.74, 6) is -0.467. The standard InChI is InChI=1S/C24H31NO4/c1-4-6-7-11-17-25(24(27)28-5-2)22(20-14-9-8-10-15-20)29-23(26)21-16-12-13-19(3)18-21/h8-10,12-16,18,22H,4-7,11,17H2,1-3H3. The third-order valence-electron chi connectivity index (χ3n) is 4.60. The zero-order valence-electron chi connectivity index (χ0n) is 17.6. The Labute approximate surface area is 173 Å². The van der Waals surface area contributed by atoms with Gasteiger partial charge in [0.05, 0.1) is 12.2 Å². The highest BCUT2D eigenvalue weighted by molar-refractivity contribution is 5.89. The summed E-state index contributed by atoms with van der Waals surface area (Å²) in [4.78, 5) is 27.1. The molecule has 0 radical (unpaired) electrons. The average Bonchev–Trinajstić information content (AvgIpc) is 2.73. The fourth-order valence-electron chi connectivity index (χ4n) is 3.09. The fourth-order valence-corrected chi connectivity index (χ4v) is 3.09. The van der Waals surface area contributed by atoms with Gasteiger partial charge in [0.2, 0.25) is 6.23 Å². The van der Waals surface area contributed by atoms with Crippen LogP contribution in [0.3, 0.4) is 0 Å². The van der Waals surface area contributed by atoms with Gasteiger partial charge in [-0.1, -0.05) is 74.2 Å². The number of rotatable bonds is 10. The highest BCUT2D eigenvalue weighted by atomic mass is 16.6. The highest BCUT2D eigenvalue weighted by Gasteiger charge is 2.29. The maximum absolute atomic E-state index is 12.8. The van der Waals surface area contributed by atoms with E-state index < -0.39 is 18.3 Å². The second kappa shape index (κ2) is 11.9. The van der Waals surface area contributed by atoms with Crippen LogP contribution >= 0.6 is 0 Å². The van der Waals surface area contributed by atoms with Gasteiger partial charge in [-0.25, -0.2) is 9.59 Å². The Balaban J connectivity index is 2.29. The van der Waals surface area contributed by atoms with Crippen LogP contribution in [0.4, 0.5) is 4.79 Å². The van der Waals surface area contributed by atoms with E-state index in [1.165, 1.54) is 4.90 Å². The molecule has 0 aliphatic rings. The second-order valence-corrected chi connectivity index (χ2v) is 6.99. The first-order valence-corrected chi connectivity index (χ1v) is 10.3. The zero-order chi connectivity index (χ0) is 21.1. The molecule has 2 aromatic carbocycles. The molecule has 0 N–H and O–H groups in total. The number of unbranched alkanes of at least 4 members (excludes halogenated alkanes) is 3. The lowest BCUT2D eigenvalue weighted by molar-refractivity contribution is -0.0321. The molecule has 5 nitrogen and oxygen atoms in total. The second-order valence-electron chi connectivity index (χ2n) is 6.99. The van der Waals surface area contributed by atoms with Gasteiger partial charge in [0.15, 0.2) is 0 Å². The van der Waals surface area contributed by atoms with Crippen LogP contribution in [-0.4, -0.2) is 30.1 Å². The van der Waals surface area contributed by atoms with E-state index in [1.807, 2.05) is 49.4 Å². The lowest BCUT2D eigenvalue weighted by Gasteiger charge is -2.31. The molecule has 0 saturated heterocycles. The van der Waals surface area contributed by atoms with Crippen LogP contribution < -0.4 is 0 Å². The molecule has 29 heavy (non-hydrogen) atoms. The SMILES string of the molecule is CCCCCCN(C(=O)OCC)C(OC(=O)c1cccc(C)c1)c1ccccc1. The minimum atomic E-state index is -0.843. The molecule has 0 bridgehead atoms. The molecule has 0 heterocycles. The van der Waals surface area contributed by atoms with Crippen molar-refractivity contribution in [3.05, 3.63) is 71.3 Å². The van der Waals surface area contributed by atoms with Crippen LogP contribution in [0.15, 0.2) is 54.6 Å². The summed E-state index contributed by atoms with van der Waals surface area (Å²) < 4.78 is 11.1. The van der Waals surface area contributed by atoms with Crippen molar-refractivity contribution in [1.82, 2.24) is 4.90 Å². The molecule has 1 atom stereocenters. The summed E-state index contributed by atoms with van der Waals surface area (Å²) in [5.41, 5.74) is 2.16. The monoisotopic (exact) mass is 397 g/mol. The molecule has 0 spiro atoms. The van der Waals surface area contributed by atoms with Gasteiger partial charge >= 0.3 is 12.1 Å². The number of aryl methyl sites for hydroxylation is 1. The van der Waals surface area contributed by atoms with Crippen molar-refractivity contribution in [1.29, 1.82) is 0 Å². The number of ether oxygens (including phenoxy) is 2. The Morgan fingerprint density at radius 2 is 1.72 bits per heavy atom. The van der Waals surface area contributed by atoms with Crippen molar-refractivity contribution in [2.45, 2.75) is 52.7 Å². The van der Waals surface area contributed by atoms with Gasteiger partial charge in [-0.3, -0.25) is 4.90 Å². The van der Waals surface area contributed by atoms with Crippen molar-refractivity contribution < 1.29 is 19.1 Å². The fraction of sp³-hybridized carbons (Fsp3) is 0.417. The van der Waals surface area contributed by atoms with Crippen molar-refractivity contribution in [3.8, 4) is 0 Å². The van der Waals surface area contributed by atoms with Crippen LogP contribution in [0.2, 0.25) is 0 Å². The number of hydrogen-bond acceptors (Lipinski definition) is 4. The first-order valence-electron chi connectivity index (χ1n) is 10.3. The van der Waals surface area contributed by atoms with E-state index in [1.54, 1.807) is 19.1 Å². The summed E-state index contributed by atoms with van der Waals surface area (Å²) in [6.07, 6.45) is 2.69. The van der Waals surface area contributed by atoms with Crippen LogP contribution in [0.5, 0.6) is 0 Å². The summed E-state index contributed by atoms with van der Waals surface area (Å²) in [6.45, 7) is 6.55. The third-order valence-corrected chi connectivity index (χ3v) is 4.60. The van der Waals surface area contributed by atoms with Gasteiger partial charge in [-0.05, 0) is 32.4 Å². The van der Waals surface area contributed by atoms with E-state index in [4.69, 9.17) is 9.47 Å². The van der Waals surface area contributed by atoms with E-state index >= 15 is 0 Å². The van der Waals surface area contributed by atoms with Gasteiger partial charge < -0.3 is 9.47 Å². The molecule has 2 aromatic rings. The third kappa shape index (κ3) is 6.93. The molecule has 0 aliphatic heterocycles. The quantitative estimate of drug-likeness (QED) is 0.285. The molecule has 5 heteroatoms. The number of nitrogens with zero attached hydrogens (tertiary/aromatic N) is 1. The van der Waals surface area contributed by atoms with E-state index in [0.29, 0.717) is 12.1 Å². The van der Waals surface area contributed by atoms with E-state index in [9.17, 15) is 9.59 Å². The number of esters is 1. The van der Waals surface area contributed by atoms with Crippen LogP contribution in [0.25, 0.3) is 0 Å². The first-order chi connectivity index (χ1) is 14.1. The van der Waals surface area contributed by atoms with Gasteiger partial charge in [-0.15, -0.1) is 0 Å². The molecule has 0 aromatic heterocycles. The summed E-state index contributed by atoms with van der Waals surface area (Å²) in [6, 6.07) is 16.6. The van der Waals surface area contributed by atoms with Crippen molar-refractivity contribution in [2.24, 2.45) is 0 Å². The maximum atomic E-state index is 12.8.